The second kappa shape index (κ2) is 8.64. The van der Waals surface area contributed by atoms with Gasteiger partial charge in [-0.3, -0.25) is 9.59 Å². The fourth-order valence-electron chi connectivity index (χ4n) is 2.29. The minimum absolute atomic E-state index is 0.180. The quantitative estimate of drug-likeness (QED) is 0.748. The van der Waals surface area contributed by atoms with E-state index in [1.165, 1.54) is 28.8 Å². The monoisotopic (exact) mass is 365 g/mol. The number of halogens is 1. The van der Waals surface area contributed by atoms with E-state index in [-0.39, 0.29) is 23.7 Å². The van der Waals surface area contributed by atoms with Crippen LogP contribution >= 0.6 is 11.6 Å². The van der Waals surface area contributed by atoms with Gasteiger partial charge in [-0.1, -0.05) is 11.6 Å². The molecule has 0 saturated heterocycles. The molecular formula is C17H20ClN3O4. The molecule has 1 aromatic carbocycles. The van der Waals surface area contributed by atoms with Crippen molar-refractivity contribution in [1.82, 2.24) is 14.7 Å². The molecule has 0 spiro atoms. The summed E-state index contributed by atoms with van der Waals surface area (Å²) >= 11 is 6.02. The highest BCUT2D eigenvalue weighted by atomic mass is 35.5. The summed E-state index contributed by atoms with van der Waals surface area (Å²) in [5.41, 5.74) is 0.672. The minimum Gasteiger partial charge on any atom is -0.496 e. The number of aromatic nitrogens is 2. The molecular weight excluding hydrogens is 346 g/mol. The average Bonchev–Trinajstić information content (AvgIpc) is 2.60. The molecule has 1 aromatic heterocycles. The summed E-state index contributed by atoms with van der Waals surface area (Å²) in [7, 11) is 4.74. The Labute approximate surface area is 150 Å². The zero-order valence-corrected chi connectivity index (χ0v) is 15.1. The van der Waals surface area contributed by atoms with E-state index in [0.29, 0.717) is 23.9 Å². The Balaban J connectivity index is 2.20. The van der Waals surface area contributed by atoms with Crippen LogP contribution in [0.1, 0.15) is 16.1 Å². The van der Waals surface area contributed by atoms with Crippen LogP contribution in [0, 0.1) is 0 Å². The predicted molar refractivity (Wildman–Crippen MR) is 94.2 cm³/mol. The van der Waals surface area contributed by atoms with Crippen molar-refractivity contribution in [2.45, 2.75) is 13.1 Å². The first-order chi connectivity index (χ1) is 12.0. The van der Waals surface area contributed by atoms with Gasteiger partial charge in [-0.25, -0.2) is 4.68 Å². The van der Waals surface area contributed by atoms with E-state index in [9.17, 15) is 9.59 Å². The van der Waals surface area contributed by atoms with Crippen LogP contribution in [0.5, 0.6) is 5.75 Å². The van der Waals surface area contributed by atoms with Crippen molar-refractivity contribution in [3.8, 4) is 5.75 Å². The first kappa shape index (κ1) is 19.0. The van der Waals surface area contributed by atoms with Crippen molar-refractivity contribution in [1.29, 1.82) is 0 Å². The third kappa shape index (κ3) is 4.80. The van der Waals surface area contributed by atoms with E-state index in [1.807, 2.05) is 0 Å². The molecule has 0 unspecified atom stereocenters. The van der Waals surface area contributed by atoms with Crippen LogP contribution in [0.3, 0.4) is 0 Å². The topological polar surface area (TPSA) is 73.7 Å². The summed E-state index contributed by atoms with van der Waals surface area (Å²) in [6, 6.07) is 7.96. The van der Waals surface area contributed by atoms with Gasteiger partial charge in [0.05, 0.1) is 20.3 Å². The molecule has 0 aliphatic heterocycles. The normalized spacial score (nSPS) is 10.6. The predicted octanol–water partition coefficient (Wildman–Crippen LogP) is 1.82. The van der Waals surface area contributed by atoms with Gasteiger partial charge in [0.2, 0.25) is 0 Å². The van der Waals surface area contributed by atoms with E-state index in [4.69, 9.17) is 21.1 Å². The summed E-state index contributed by atoms with van der Waals surface area (Å²) in [5, 5.41) is 4.67. The number of nitrogens with zero attached hydrogens (tertiary/aromatic N) is 3. The number of benzene rings is 1. The number of methoxy groups -OCH3 is 2. The second-order valence-corrected chi connectivity index (χ2v) is 5.83. The van der Waals surface area contributed by atoms with Crippen LogP contribution in [0.25, 0.3) is 0 Å². The fourth-order valence-corrected chi connectivity index (χ4v) is 2.49. The number of hydrogen-bond acceptors (Lipinski definition) is 5. The number of rotatable bonds is 7. The summed E-state index contributed by atoms with van der Waals surface area (Å²) in [5.74, 6) is 0.329. The third-order valence-corrected chi connectivity index (χ3v) is 3.82. The van der Waals surface area contributed by atoms with Gasteiger partial charge in [0.1, 0.15) is 11.4 Å². The van der Waals surface area contributed by atoms with Crippen LogP contribution < -0.4 is 10.3 Å². The maximum Gasteiger partial charge on any atom is 0.274 e. The fraction of sp³-hybridized carbons (Fsp3) is 0.353. The zero-order valence-electron chi connectivity index (χ0n) is 14.4. The Bertz CT molecular complexity index is 807. The van der Waals surface area contributed by atoms with Crippen molar-refractivity contribution >= 4 is 17.5 Å². The minimum atomic E-state index is -0.312. The third-order valence-electron chi connectivity index (χ3n) is 3.59. The van der Waals surface area contributed by atoms with Gasteiger partial charge in [-0.2, -0.15) is 5.10 Å². The molecule has 0 atom stereocenters. The molecule has 0 aliphatic rings. The zero-order chi connectivity index (χ0) is 18.4. The molecule has 0 bridgehead atoms. The van der Waals surface area contributed by atoms with Crippen LogP contribution in [0.4, 0.5) is 0 Å². The van der Waals surface area contributed by atoms with Crippen LogP contribution in [-0.2, 0) is 17.8 Å². The van der Waals surface area contributed by atoms with Crippen LogP contribution in [0.15, 0.2) is 35.1 Å². The van der Waals surface area contributed by atoms with Crippen molar-refractivity contribution in [3.05, 3.63) is 57.0 Å². The Kier molecular flexibility index (Phi) is 6.55. The summed E-state index contributed by atoms with van der Waals surface area (Å²) in [4.78, 5) is 25.9. The highest BCUT2D eigenvalue weighted by molar-refractivity contribution is 6.30. The molecule has 1 amide bonds. The van der Waals surface area contributed by atoms with E-state index < -0.39 is 0 Å². The van der Waals surface area contributed by atoms with E-state index in [1.54, 1.807) is 32.4 Å². The number of carbonyl (C=O) groups excluding carboxylic acids is 1. The summed E-state index contributed by atoms with van der Waals surface area (Å²) < 4.78 is 11.4. The molecule has 2 rings (SSSR count). The highest BCUT2D eigenvalue weighted by Gasteiger charge is 2.17. The highest BCUT2D eigenvalue weighted by Crippen LogP contribution is 2.24. The molecule has 134 valence electrons. The lowest BCUT2D eigenvalue weighted by Crippen LogP contribution is -2.31. The Morgan fingerprint density at radius 1 is 1.28 bits per heavy atom. The largest absolute Gasteiger partial charge is 0.496 e. The van der Waals surface area contributed by atoms with Gasteiger partial charge in [0.15, 0.2) is 0 Å². The lowest BCUT2D eigenvalue weighted by atomic mass is 10.2. The lowest BCUT2D eigenvalue weighted by molar-refractivity contribution is 0.0774. The van der Waals surface area contributed by atoms with Crippen molar-refractivity contribution in [3.63, 3.8) is 0 Å². The standard InChI is InChI=1S/C17H20ClN3O4/c1-20(11-12-10-13(18)4-6-15(12)25-3)17(23)14-5-7-16(22)21(19-14)8-9-24-2/h4-7,10H,8-9,11H2,1-3H3. The molecule has 0 aliphatic carbocycles. The molecule has 0 saturated carbocycles. The van der Waals surface area contributed by atoms with Gasteiger partial charge in [-0.15, -0.1) is 0 Å². The lowest BCUT2D eigenvalue weighted by Gasteiger charge is -2.19. The van der Waals surface area contributed by atoms with Gasteiger partial charge in [0.25, 0.3) is 11.5 Å². The van der Waals surface area contributed by atoms with Gasteiger partial charge >= 0.3 is 0 Å². The van der Waals surface area contributed by atoms with Crippen LogP contribution in [-0.4, -0.2) is 48.5 Å². The first-order valence-electron chi connectivity index (χ1n) is 7.61. The van der Waals surface area contributed by atoms with E-state index in [0.717, 1.165) is 5.56 Å². The maximum absolute atomic E-state index is 12.6. The number of carbonyl (C=O) groups is 1. The molecule has 25 heavy (non-hydrogen) atoms. The molecule has 8 heteroatoms. The summed E-state index contributed by atoms with van der Waals surface area (Å²) in [6.07, 6.45) is 0. The second-order valence-electron chi connectivity index (χ2n) is 5.39. The van der Waals surface area contributed by atoms with Gasteiger partial charge in [-0.05, 0) is 24.3 Å². The molecule has 2 aromatic rings. The van der Waals surface area contributed by atoms with E-state index >= 15 is 0 Å². The molecule has 0 fully saturated rings. The Hall–Kier alpha value is -2.38. The molecule has 0 N–H and O–H groups in total. The first-order valence-corrected chi connectivity index (χ1v) is 7.99. The molecule has 1 heterocycles. The van der Waals surface area contributed by atoms with Gasteiger partial charge < -0.3 is 14.4 Å². The number of amides is 1. The Morgan fingerprint density at radius 2 is 2.04 bits per heavy atom. The average molecular weight is 366 g/mol. The van der Waals surface area contributed by atoms with Gasteiger partial charge in [0, 0.05) is 37.4 Å². The SMILES string of the molecule is COCCn1nc(C(=O)N(C)Cc2cc(Cl)ccc2OC)ccc1=O. The number of ether oxygens (including phenoxy) is 2. The Morgan fingerprint density at radius 3 is 2.72 bits per heavy atom. The van der Waals surface area contributed by atoms with Crippen molar-refractivity contribution < 1.29 is 14.3 Å². The summed E-state index contributed by atoms with van der Waals surface area (Å²) in [6.45, 7) is 0.907. The molecule has 7 nitrogen and oxygen atoms in total. The molecule has 0 radical (unpaired) electrons. The van der Waals surface area contributed by atoms with E-state index in [2.05, 4.69) is 5.10 Å². The van der Waals surface area contributed by atoms with Crippen molar-refractivity contribution in [2.24, 2.45) is 0 Å². The van der Waals surface area contributed by atoms with Crippen molar-refractivity contribution in [2.75, 3.05) is 27.9 Å². The maximum atomic E-state index is 12.6. The number of hydrogen-bond donors (Lipinski definition) is 0. The smallest absolute Gasteiger partial charge is 0.274 e. The van der Waals surface area contributed by atoms with Crippen LogP contribution in [0.2, 0.25) is 5.02 Å².